The highest BCUT2D eigenvalue weighted by Gasteiger charge is 2.12. The molecule has 0 atom stereocenters. The van der Waals surface area contributed by atoms with Crippen molar-refractivity contribution in [1.82, 2.24) is 0 Å². The van der Waals surface area contributed by atoms with Gasteiger partial charge in [-0.05, 0) is 36.0 Å². The van der Waals surface area contributed by atoms with Crippen LogP contribution < -0.4 is 5.63 Å². The second kappa shape index (κ2) is 4.02. The molecule has 2 heteroatoms. The van der Waals surface area contributed by atoms with Crippen molar-refractivity contribution in [2.45, 2.75) is 34.1 Å². The van der Waals surface area contributed by atoms with Crippen molar-refractivity contribution in [3.8, 4) is 0 Å². The second-order valence-corrected chi connectivity index (χ2v) is 5.82. The Morgan fingerprint density at radius 1 is 1.18 bits per heavy atom. The Kier molecular flexibility index (Phi) is 2.82. The minimum Gasteiger partial charge on any atom is -0.423 e. The van der Waals surface area contributed by atoms with Crippen LogP contribution in [0.2, 0.25) is 0 Å². The van der Waals surface area contributed by atoms with E-state index in [9.17, 15) is 4.79 Å². The van der Waals surface area contributed by atoms with Gasteiger partial charge in [-0.25, -0.2) is 4.79 Å². The summed E-state index contributed by atoms with van der Waals surface area (Å²) >= 11 is 0. The number of benzene rings is 1. The molecule has 0 aliphatic heterocycles. The lowest BCUT2D eigenvalue weighted by molar-refractivity contribution is 0.411. The molecular weight excluding hydrogens is 212 g/mol. The quantitative estimate of drug-likeness (QED) is 0.699. The van der Waals surface area contributed by atoms with Gasteiger partial charge in [0.1, 0.15) is 5.58 Å². The van der Waals surface area contributed by atoms with E-state index in [1.807, 2.05) is 19.1 Å². The van der Waals surface area contributed by atoms with Crippen LogP contribution in [0.3, 0.4) is 0 Å². The molecule has 2 rings (SSSR count). The van der Waals surface area contributed by atoms with Gasteiger partial charge >= 0.3 is 5.63 Å². The predicted octanol–water partition coefficient (Wildman–Crippen LogP) is 3.69. The molecule has 1 heterocycles. The number of fused-ring (bicyclic) bond motifs is 1. The number of hydrogen-bond acceptors (Lipinski definition) is 2. The summed E-state index contributed by atoms with van der Waals surface area (Å²) in [7, 11) is 0. The van der Waals surface area contributed by atoms with Gasteiger partial charge in [-0.2, -0.15) is 0 Å². The van der Waals surface area contributed by atoms with Crippen molar-refractivity contribution >= 4 is 11.0 Å². The molecule has 1 aromatic carbocycles. The van der Waals surface area contributed by atoms with Gasteiger partial charge in [-0.1, -0.05) is 32.9 Å². The van der Waals surface area contributed by atoms with Crippen LogP contribution in [0.4, 0.5) is 0 Å². The zero-order chi connectivity index (χ0) is 12.6. The highest BCUT2D eigenvalue weighted by atomic mass is 16.4. The zero-order valence-electron chi connectivity index (χ0n) is 10.8. The van der Waals surface area contributed by atoms with E-state index in [4.69, 9.17) is 4.42 Å². The highest BCUT2D eigenvalue weighted by molar-refractivity contribution is 5.80. The van der Waals surface area contributed by atoms with Crippen LogP contribution in [0, 0.1) is 12.3 Å². The van der Waals surface area contributed by atoms with Crippen LogP contribution >= 0.6 is 0 Å². The Bertz CT molecular complexity index is 600. The fourth-order valence-electron chi connectivity index (χ4n) is 2.09. The molecule has 0 amide bonds. The van der Waals surface area contributed by atoms with E-state index >= 15 is 0 Å². The largest absolute Gasteiger partial charge is 0.423 e. The summed E-state index contributed by atoms with van der Waals surface area (Å²) < 4.78 is 5.24. The van der Waals surface area contributed by atoms with Crippen molar-refractivity contribution in [3.63, 3.8) is 0 Å². The van der Waals surface area contributed by atoms with E-state index in [1.165, 1.54) is 11.6 Å². The first-order chi connectivity index (χ1) is 7.85. The molecule has 0 saturated carbocycles. The first-order valence-corrected chi connectivity index (χ1v) is 5.88. The summed E-state index contributed by atoms with van der Waals surface area (Å²) in [5, 5.41) is 1.02. The Balaban J connectivity index is 2.54. The summed E-state index contributed by atoms with van der Waals surface area (Å²) in [5.41, 5.74) is 2.83. The second-order valence-electron chi connectivity index (χ2n) is 5.82. The van der Waals surface area contributed by atoms with E-state index in [2.05, 4.69) is 26.8 Å². The predicted molar refractivity (Wildman–Crippen MR) is 70.4 cm³/mol. The topological polar surface area (TPSA) is 30.2 Å². The summed E-state index contributed by atoms with van der Waals surface area (Å²) in [6, 6.07) is 7.66. The smallest absolute Gasteiger partial charge is 0.336 e. The van der Waals surface area contributed by atoms with E-state index < -0.39 is 0 Å². The molecule has 0 unspecified atom stereocenters. The van der Waals surface area contributed by atoms with Gasteiger partial charge in [0.15, 0.2) is 0 Å². The van der Waals surface area contributed by atoms with Crippen molar-refractivity contribution in [1.29, 1.82) is 0 Å². The van der Waals surface area contributed by atoms with Gasteiger partial charge in [0.2, 0.25) is 0 Å². The van der Waals surface area contributed by atoms with Crippen LogP contribution in [0.5, 0.6) is 0 Å². The van der Waals surface area contributed by atoms with E-state index in [1.54, 1.807) is 0 Å². The third kappa shape index (κ3) is 2.76. The molecule has 0 radical (unpaired) electrons. The van der Waals surface area contributed by atoms with Crippen molar-refractivity contribution in [2.75, 3.05) is 0 Å². The van der Waals surface area contributed by atoms with Gasteiger partial charge in [-0.15, -0.1) is 0 Å². The first kappa shape index (κ1) is 11.9. The minimum atomic E-state index is -0.275. The van der Waals surface area contributed by atoms with Crippen LogP contribution in [-0.2, 0) is 6.42 Å². The molecule has 17 heavy (non-hydrogen) atoms. The lowest BCUT2D eigenvalue weighted by Crippen LogP contribution is -2.09. The standard InChI is InChI=1S/C15H18O2/c1-10-7-14(16)17-13-8-11(5-6-12(10)13)9-15(2,3)4/h5-8H,9H2,1-4H3. The summed E-state index contributed by atoms with van der Waals surface area (Å²) in [4.78, 5) is 11.3. The lowest BCUT2D eigenvalue weighted by atomic mass is 9.88. The van der Waals surface area contributed by atoms with Crippen LogP contribution in [0.1, 0.15) is 31.9 Å². The van der Waals surface area contributed by atoms with Crippen LogP contribution in [0.15, 0.2) is 33.5 Å². The normalized spacial score (nSPS) is 12.0. The Hall–Kier alpha value is -1.57. The maximum Gasteiger partial charge on any atom is 0.336 e. The number of aryl methyl sites for hydroxylation is 1. The van der Waals surface area contributed by atoms with Crippen molar-refractivity contribution in [2.24, 2.45) is 5.41 Å². The van der Waals surface area contributed by atoms with E-state index in [0.717, 1.165) is 17.4 Å². The summed E-state index contributed by atoms with van der Waals surface area (Å²) in [6.45, 7) is 8.53. The molecule has 2 aromatic rings. The van der Waals surface area contributed by atoms with Crippen molar-refractivity contribution < 1.29 is 4.42 Å². The molecule has 0 spiro atoms. The Morgan fingerprint density at radius 2 is 1.88 bits per heavy atom. The van der Waals surface area contributed by atoms with Gasteiger partial charge < -0.3 is 4.42 Å². The highest BCUT2D eigenvalue weighted by Crippen LogP contribution is 2.24. The third-order valence-corrected chi connectivity index (χ3v) is 2.75. The summed E-state index contributed by atoms with van der Waals surface area (Å²) in [6.07, 6.45) is 0.973. The average Bonchev–Trinajstić information content (AvgIpc) is 2.13. The van der Waals surface area contributed by atoms with E-state index in [-0.39, 0.29) is 11.0 Å². The fourth-order valence-corrected chi connectivity index (χ4v) is 2.09. The number of rotatable bonds is 1. The molecule has 1 aromatic heterocycles. The van der Waals surface area contributed by atoms with Crippen LogP contribution in [0.25, 0.3) is 11.0 Å². The first-order valence-electron chi connectivity index (χ1n) is 5.88. The molecule has 0 aliphatic carbocycles. The maximum atomic E-state index is 11.3. The minimum absolute atomic E-state index is 0.234. The Labute approximate surface area is 101 Å². The Morgan fingerprint density at radius 3 is 2.53 bits per heavy atom. The van der Waals surface area contributed by atoms with E-state index in [0.29, 0.717) is 5.58 Å². The van der Waals surface area contributed by atoms with Crippen molar-refractivity contribution in [3.05, 3.63) is 45.8 Å². The molecule has 0 fully saturated rings. The maximum absolute atomic E-state index is 11.3. The molecule has 0 aliphatic rings. The lowest BCUT2D eigenvalue weighted by Gasteiger charge is -2.18. The van der Waals surface area contributed by atoms with Gasteiger partial charge in [0, 0.05) is 11.5 Å². The molecule has 0 saturated heterocycles. The monoisotopic (exact) mass is 230 g/mol. The molecule has 90 valence electrons. The average molecular weight is 230 g/mol. The molecule has 2 nitrogen and oxygen atoms in total. The van der Waals surface area contributed by atoms with Gasteiger partial charge in [-0.3, -0.25) is 0 Å². The fraction of sp³-hybridized carbons (Fsp3) is 0.400. The summed E-state index contributed by atoms with van der Waals surface area (Å²) in [5.74, 6) is 0. The van der Waals surface area contributed by atoms with Crippen LogP contribution in [-0.4, -0.2) is 0 Å². The van der Waals surface area contributed by atoms with Gasteiger partial charge in [0.05, 0.1) is 0 Å². The molecule has 0 bridgehead atoms. The SMILES string of the molecule is Cc1cc(=O)oc2cc(CC(C)(C)C)ccc12. The zero-order valence-corrected chi connectivity index (χ0v) is 10.8. The molecule has 0 N–H and O–H groups in total. The third-order valence-electron chi connectivity index (χ3n) is 2.75. The van der Waals surface area contributed by atoms with Gasteiger partial charge in [0.25, 0.3) is 0 Å². The molecular formula is C15H18O2. The number of hydrogen-bond donors (Lipinski definition) is 0.